The van der Waals surface area contributed by atoms with Crippen molar-refractivity contribution in [1.29, 1.82) is 0 Å². The van der Waals surface area contributed by atoms with Crippen LogP contribution in [0.3, 0.4) is 0 Å². The summed E-state index contributed by atoms with van der Waals surface area (Å²) >= 11 is 0. The number of morpholine rings is 1. The number of rotatable bonds is 8. The molecular formula is C28H31FN4O3. The topological polar surface area (TPSA) is 90.5 Å². The van der Waals surface area contributed by atoms with Gasteiger partial charge in [0.25, 0.3) is 5.56 Å². The van der Waals surface area contributed by atoms with E-state index in [1.165, 1.54) is 11.9 Å². The maximum Gasteiger partial charge on any atom is 0.293 e. The maximum absolute atomic E-state index is 13.2. The minimum atomic E-state index is -0.600. The van der Waals surface area contributed by atoms with Crippen molar-refractivity contribution in [2.45, 2.75) is 32.0 Å². The van der Waals surface area contributed by atoms with Gasteiger partial charge in [0.05, 0.1) is 25.2 Å². The summed E-state index contributed by atoms with van der Waals surface area (Å²) in [5.74, 6) is 5.98. The Balaban J connectivity index is 1.44. The third-order valence-electron chi connectivity index (χ3n) is 6.15. The van der Waals surface area contributed by atoms with E-state index < -0.39 is 24.0 Å². The largest absolute Gasteiger partial charge is 0.502 e. The second-order valence-corrected chi connectivity index (χ2v) is 8.96. The first-order valence-electron chi connectivity index (χ1n) is 12.1. The summed E-state index contributed by atoms with van der Waals surface area (Å²) in [6, 6.07) is 15.2. The molecule has 0 saturated carbocycles. The van der Waals surface area contributed by atoms with E-state index in [9.17, 15) is 14.3 Å². The van der Waals surface area contributed by atoms with E-state index in [4.69, 9.17) is 4.74 Å². The van der Waals surface area contributed by atoms with Gasteiger partial charge in [0.1, 0.15) is 6.67 Å². The zero-order valence-electron chi connectivity index (χ0n) is 20.3. The van der Waals surface area contributed by atoms with E-state index in [2.05, 4.69) is 44.2 Å². The maximum atomic E-state index is 13.2. The summed E-state index contributed by atoms with van der Waals surface area (Å²) in [6.45, 7) is 5.62. The molecule has 4 rings (SSSR count). The summed E-state index contributed by atoms with van der Waals surface area (Å²) in [5.41, 5.74) is 3.59. The van der Waals surface area contributed by atoms with Crippen LogP contribution >= 0.6 is 0 Å². The number of hydrogen-bond donors (Lipinski definition) is 3. The first-order valence-corrected chi connectivity index (χ1v) is 12.1. The highest BCUT2D eigenvalue weighted by molar-refractivity contribution is 5.44. The number of nitrogens with one attached hydrogen (secondary N) is 2. The molecule has 0 aliphatic carbocycles. The predicted molar refractivity (Wildman–Crippen MR) is 137 cm³/mol. The van der Waals surface area contributed by atoms with Gasteiger partial charge in [0.15, 0.2) is 0 Å². The first-order chi connectivity index (χ1) is 17.5. The Morgan fingerprint density at radius 2 is 1.75 bits per heavy atom. The summed E-state index contributed by atoms with van der Waals surface area (Å²) < 4.78 is 18.6. The molecular weight excluding hydrogens is 459 g/mol. The lowest BCUT2D eigenvalue weighted by Gasteiger charge is -2.26. The minimum Gasteiger partial charge on any atom is -0.502 e. The van der Waals surface area contributed by atoms with Gasteiger partial charge in [-0.15, -0.1) is 0 Å². The monoisotopic (exact) mass is 490 g/mol. The highest BCUT2D eigenvalue weighted by Crippen LogP contribution is 2.22. The van der Waals surface area contributed by atoms with Crippen LogP contribution in [0.4, 0.5) is 4.39 Å². The van der Waals surface area contributed by atoms with Gasteiger partial charge in [-0.3, -0.25) is 9.69 Å². The summed E-state index contributed by atoms with van der Waals surface area (Å²) in [5, 5.41) is 13.3. The number of halogens is 1. The average molecular weight is 491 g/mol. The zero-order valence-corrected chi connectivity index (χ0v) is 20.3. The van der Waals surface area contributed by atoms with Gasteiger partial charge in [-0.25, -0.2) is 9.37 Å². The Labute approximate surface area is 210 Å². The van der Waals surface area contributed by atoms with Gasteiger partial charge in [0, 0.05) is 49.3 Å². The van der Waals surface area contributed by atoms with Crippen LogP contribution in [-0.2, 0) is 17.7 Å². The Bertz CT molecular complexity index is 1240. The standard InChI is InChI=1S/C28H31FN4O3/c1-20(17-29)32-25(16-26-27(34)28(35)31-19-30-26)24-10-8-22(9-11-24)3-2-21-4-6-23(7-5-21)18-33-12-14-36-15-13-33/h4-11,19-20,25,32,34H,12-18H2,1H3,(H,30,31,35). The summed E-state index contributed by atoms with van der Waals surface area (Å²) in [4.78, 5) is 20.5. The molecule has 0 radical (unpaired) electrons. The van der Waals surface area contributed by atoms with Crippen LogP contribution in [0.15, 0.2) is 59.7 Å². The number of ether oxygens (including phenoxy) is 1. The van der Waals surface area contributed by atoms with Crippen molar-refractivity contribution in [3.8, 4) is 17.6 Å². The molecule has 1 fully saturated rings. The fourth-order valence-electron chi connectivity index (χ4n) is 4.09. The van der Waals surface area contributed by atoms with E-state index >= 15 is 0 Å². The van der Waals surface area contributed by atoms with Gasteiger partial charge in [-0.2, -0.15) is 0 Å². The lowest BCUT2D eigenvalue weighted by atomic mass is 9.99. The van der Waals surface area contributed by atoms with Crippen LogP contribution in [-0.4, -0.2) is 59.0 Å². The first kappa shape index (κ1) is 25.6. The number of nitrogens with zero attached hydrogens (tertiary/aromatic N) is 2. The Morgan fingerprint density at radius 3 is 2.39 bits per heavy atom. The number of aromatic hydroxyl groups is 1. The molecule has 8 heteroatoms. The molecule has 0 spiro atoms. The normalized spacial score (nSPS) is 15.6. The third kappa shape index (κ3) is 7.01. The van der Waals surface area contributed by atoms with E-state index in [-0.39, 0.29) is 18.2 Å². The van der Waals surface area contributed by atoms with Gasteiger partial charge >= 0.3 is 0 Å². The highest BCUT2D eigenvalue weighted by Gasteiger charge is 2.19. The molecule has 2 atom stereocenters. The van der Waals surface area contributed by atoms with Crippen molar-refractivity contribution in [2.75, 3.05) is 33.0 Å². The Hall–Kier alpha value is -3.51. The molecule has 7 nitrogen and oxygen atoms in total. The Morgan fingerprint density at radius 1 is 1.11 bits per heavy atom. The highest BCUT2D eigenvalue weighted by atomic mass is 19.1. The molecule has 2 unspecified atom stereocenters. The van der Waals surface area contributed by atoms with E-state index in [1.807, 2.05) is 36.4 Å². The van der Waals surface area contributed by atoms with Crippen molar-refractivity contribution >= 4 is 0 Å². The fourth-order valence-corrected chi connectivity index (χ4v) is 4.09. The molecule has 188 valence electrons. The van der Waals surface area contributed by atoms with Crippen molar-refractivity contribution in [2.24, 2.45) is 0 Å². The van der Waals surface area contributed by atoms with Crippen molar-refractivity contribution in [1.82, 2.24) is 20.2 Å². The van der Waals surface area contributed by atoms with Crippen molar-refractivity contribution < 1.29 is 14.2 Å². The van der Waals surface area contributed by atoms with Crippen LogP contribution in [0.25, 0.3) is 0 Å². The molecule has 1 aliphatic heterocycles. The molecule has 36 heavy (non-hydrogen) atoms. The van der Waals surface area contributed by atoms with Gasteiger partial charge in [-0.1, -0.05) is 36.1 Å². The smallest absolute Gasteiger partial charge is 0.293 e. The number of aromatic amines is 1. The minimum absolute atomic E-state index is 0.238. The number of hydrogen-bond acceptors (Lipinski definition) is 6. The van der Waals surface area contributed by atoms with E-state index in [1.54, 1.807) is 6.92 Å². The zero-order chi connectivity index (χ0) is 25.3. The average Bonchev–Trinajstić information content (AvgIpc) is 2.91. The predicted octanol–water partition coefficient (Wildman–Crippen LogP) is 2.94. The molecule has 1 aliphatic rings. The van der Waals surface area contributed by atoms with Crippen LogP contribution in [0.5, 0.6) is 5.75 Å². The third-order valence-corrected chi connectivity index (χ3v) is 6.15. The Kier molecular flexibility index (Phi) is 8.85. The van der Waals surface area contributed by atoms with Gasteiger partial charge < -0.3 is 20.1 Å². The van der Waals surface area contributed by atoms with Gasteiger partial charge in [0.2, 0.25) is 5.75 Å². The molecule has 1 aromatic heterocycles. The van der Waals surface area contributed by atoms with Crippen LogP contribution in [0.2, 0.25) is 0 Å². The molecule has 2 heterocycles. The number of aromatic nitrogens is 2. The molecule has 2 aromatic carbocycles. The molecule has 3 aromatic rings. The molecule has 0 bridgehead atoms. The number of H-pyrrole nitrogens is 1. The lowest BCUT2D eigenvalue weighted by Crippen LogP contribution is -2.35. The van der Waals surface area contributed by atoms with Crippen LogP contribution in [0, 0.1) is 11.8 Å². The lowest BCUT2D eigenvalue weighted by molar-refractivity contribution is 0.0342. The van der Waals surface area contributed by atoms with E-state index in [0.717, 1.165) is 49.5 Å². The van der Waals surface area contributed by atoms with E-state index in [0.29, 0.717) is 0 Å². The SMILES string of the molecule is CC(CF)NC(Cc1nc[nH]c(=O)c1O)c1ccc(C#Cc2ccc(CN3CCOCC3)cc2)cc1. The van der Waals surface area contributed by atoms with Crippen molar-refractivity contribution in [3.05, 3.63) is 93.2 Å². The summed E-state index contributed by atoms with van der Waals surface area (Å²) in [6.07, 6.45) is 1.49. The quantitative estimate of drug-likeness (QED) is 0.421. The number of benzene rings is 2. The van der Waals surface area contributed by atoms with Crippen LogP contribution in [0.1, 0.15) is 40.9 Å². The second-order valence-electron chi connectivity index (χ2n) is 8.96. The van der Waals surface area contributed by atoms with Crippen molar-refractivity contribution in [3.63, 3.8) is 0 Å². The van der Waals surface area contributed by atoms with Crippen LogP contribution < -0.4 is 10.9 Å². The molecule has 1 saturated heterocycles. The fraction of sp³-hybridized carbons (Fsp3) is 0.357. The van der Waals surface area contributed by atoms with Gasteiger partial charge in [-0.05, 0) is 42.3 Å². The summed E-state index contributed by atoms with van der Waals surface area (Å²) in [7, 11) is 0. The number of alkyl halides is 1. The second kappa shape index (κ2) is 12.5. The molecule has 3 N–H and O–H groups in total. The molecule has 0 amide bonds.